The van der Waals surface area contributed by atoms with E-state index in [0.29, 0.717) is 12.2 Å². The van der Waals surface area contributed by atoms with E-state index in [4.69, 9.17) is 18.9 Å². The van der Waals surface area contributed by atoms with Gasteiger partial charge in [0.2, 0.25) is 6.79 Å². The summed E-state index contributed by atoms with van der Waals surface area (Å²) in [5.41, 5.74) is 0.903. The molecule has 5 heteroatoms. The maximum absolute atomic E-state index is 11.7. The summed E-state index contributed by atoms with van der Waals surface area (Å²) in [5.74, 6) is 1.26. The molecule has 5 nitrogen and oxygen atoms in total. The molecular weight excluding hydrogens is 260 g/mol. The average Bonchev–Trinajstić information content (AvgIpc) is 3.13. The molecule has 0 aromatic heterocycles. The molecule has 0 bridgehead atoms. The van der Waals surface area contributed by atoms with Crippen LogP contribution in [-0.2, 0) is 20.9 Å². The molecule has 0 spiro atoms. The van der Waals surface area contributed by atoms with Gasteiger partial charge in [-0.05, 0) is 37.0 Å². The first kappa shape index (κ1) is 13.2. The van der Waals surface area contributed by atoms with Crippen molar-refractivity contribution in [3.05, 3.63) is 23.8 Å². The number of carbonyl (C=O) groups is 1. The highest BCUT2D eigenvalue weighted by atomic mass is 16.7. The maximum Gasteiger partial charge on any atom is 0.306 e. The van der Waals surface area contributed by atoms with Crippen molar-refractivity contribution in [2.45, 2.75) is 38.4 Å². The lowest BCUT2D eigenvalue weighted by Gasteiger charge is -2.09. The summed E-state index contributed by atoms with van der Waals surface area (Å²) in [6.07, 6.45) is 3.54. The molecule has 0 amide bonds. The minimum atomic E-state index is -0.182. The molecular formula is C15H18O5. The van der Waals surface area contributed by atoms with Crippen LogP contribution in [-0.4, -0.2) is 25.5 Å². The van der Waals surface area contributed by atoms with Crippen LogP contribution in [0.15, 0.2) is 18.2 Å². The van der Waals surface area contributed by atoms with Crippen molar-refractivity contribution in [1.29, 1.82) is 0 Å². The Morgan fingerprint density at radius 3 is 3.05 bits per heavy atom. The first-order valence-corrected chi connectivity index (χ1v) is 6.97. The van der Waals surface area contributed by atoms with Crippen LogP contribution in [0.2, 0.25) is 0 Å². The van der Waals surface area contributed by atoms with Gasteiger partial charge in [0.25, 0.3) is 0 Å². The molecule has 3 rings (SSSR count). The minimum absolute atomic E-state index is 0.182. The molecule has 108 valence electrons. The highest BCUT2D eigenvalue weighted by molar-refractivity contribution is 5.69. The summed E-state index contributed by atoms with van der Waals surface area (Å²) >= 11 is 0. The Labute approximate surface area is 117 Å². The van der Waals surface area contributed by atoms with Crippen LogP contribution in [0.25, 0.3) is 0 Å². The molecule has 1 saturated heterocycles. The normalized spacial score (nSPS) is 20.1. The summed E-state index contributed by atoms with van der Waals surface area (Å²) in [6, 6.07) is 5.55. The Morgan fingerprint density at radius 1 is 1.30 bits per heavy atom. The van der Waals surface area contributed by atoms with E-state index in [1.165, 1.54) is 0 Å². The SMILES string of the molecule is O=C(CCC1CCCO1)OCc1ccc2c(c1)OCO2. The second-order valence-electron chi connectivity index (χ2n) is 5.02. The molecule has 0 N–H and O–H groups in total. The Kier molecular flexibility index (Phi) is 4.06. The summed E-state index contributed by atoms with van der Waals surface area (Å²) in [5, 5.41) is 0. The standard InChI is InChI=1S/C15H18O5/c16-15(6-4-12-2-1-7-17-12)18-9-11-3-5-13-14(8-11)20-10-19-13/h3,5,8,12H,1-2,4,6-7,9-10H2. The zero-order valence-corrected chi connectivity index (χ0v) is 11.3. The second kappa shape index (κ2) is 6.13. The van der Waals surface area contributed by atoms with Crippen molar-refractivity contribution in [2.24, 2.45) is 0 Å². The van der Waals surface area contributed by atoms with Gasteiger partial charge in [0.05, 0.1) is 6.10 Å². The third-order valence-electron chi connectivity index (χ3n) is 3.53. The highest BCUT2D eigenvalue weighted by Gasteiger charge is 2.17. The molecule has 0 radical (unpaired) electrons. The third-order valence-corrected chi connectivity index (χ3v) is 3.53. The largest absolute Gasteiger partial charge is 0.461 e. The minimum Gasteiger partial charge on any atom is -0.461 e. The fraction of sp³-hybridized carbons (Fsp3) is 0.533. The van der Waals surface area contributed by atoms with Crippen molar-refractivity contribution in [3.8, 4) is 11.5 Å². The maximum atomic E-state index is 11.7. The molecule has 2 aliphatic heterocycles. The molecule has 20 heavy (non-hydrogen) atoms. The van der Waals surface area contributed by atoms with Gasteiger partial charge in [0.15, 0.2) is 11.5 Å². The topological polar surface area (TPSA) is 54.0 Å². The van der Waals surface area contributed by atoms with Crippen molar-refractivity contribution >= 4 is 5.97 Å². The van der Waals surface area contributed by atoms with E-state index < -0.39 is 0 Å². The molecule has 1 unspecified atom stereocenters. The number of esters is 1. The van der Waals surface area contributed by atoms with Gasteiger partial charge in [-0.1, -0.05) is 6.07 Å². The lowest BCUT2D eigenvalue weighted by atomic mass is 10.1. The molecule has 0 saturated carbocycles. The van der Waals surface area contributed by atoms with Crippen LogP contribution in [0, 0.1) is 0 Å². The highest BCUT2D eigenvalue weighted by Crippen LogP contribution is 2.32. The molecule has 0 aliphatic carbocycles. The Morgan fingerprint density at radius 2 is 2.20 bits per heavy atom. The number of hydrogen-bond acceptors (Lipinski definition) is 5. The first-order valence-electron chi connectivity index (χ1n) is 6.97. The number of fused-ring (bicyclic) bond motifs is 1. The molecule has 1 atom stereocenters. The van der Waals surface area contributed by atoms with E-state index in [1.807, 2.05) is 18.2 Å². The van der Waals surface area contributed by atoms with Gasteiger partial charge < -0.3 is 18.9 Å². The Balaban J connectivity index is 1.43. The second-order valence-corrected chi connectivity index (χ2v) is 5.02. The average molecular weight is 278 g/mol. The van der Waals surface area contributed by atoms with Gasteiger partial charge in [-0.15, -0.1) is 0 Å². The summed E-state index contributed by atoms with van der Waals surface area (Å²) in [6.45, 7) is 1.33. The lowest BCUT2D eigenvalue weighted by Crippen LogP contribution is -2.11. The van der Waals surface area contributed by atoms with Crippen molar-refractivity contribution in [3.63, 3.8) is 0 Å². The molecule has 1 aromatic rings. The van der Waals surface area contributed by atoms with Crippen LogP contribution < -0.4 is 9.47 Å². The van der Waals surface area contributed by atoms with Gasteiger partial charge in [-0.3, -0.25) is 4.79 Å². The van der Waals surface area contributed by atoms with Gasteiger partial charge >= 0.3 is 5.97 Å². The van der Waals surface area contributed by atoms with E-state index in [1.54, 1.807) is 0 Å². The molecule has 2 heterocycles. The predicted molar refractivity (Wildman–Crippen MR) is 70.6 cm³/mol. The van der Waals surface area contributed by atoms with Crippen LogP contribution in [0.4, 0.5) is 0 Å². The lowest BCUT2D eigenvalue weighted by molar-refractivity contribution is -0.145. The smallest absolute Gasteiger partial charge is 0.306 e. The van der Waals surface area contributed by atoms with E-state index in [0.717, 1.165) is 37.2 Å². The van der Waals surface area contributed by atoms with Crippen LogP contribution in [0.1, 0.15) is 31.2 Å². The fourth-order valence-electron chi connectivity index (χ4n) is 2.42. The Bertz CT molecular complexity index is 479. The quantitative estimate of drug-likeness (QED) is 0.774. The van der Waals surface area contributed by atoms with Gasteiger partial charge in [0.1, 0.15) is 6.61 Å². The molecule has 2 aliphatic rings. The number of benzene rings is 1. The summed E-state index contributed by atoms with van der Waals surface area (Å²) in [4.78, 5) is 11.7. The Hall–Kier alpha value is -1.75. The van der Waals surface area contributed by atoms with Crippen molar-refractivity contribution < 1.29 is 23.7 Å². The zero-order chi connectivity index (χ0) is 13.8. The fourth-order valence-corrected chi connectivity index (χ4v) is 2.42. The number of hydrogen-bond donors (Lipinski definition) is 0. The van der Waals surface area contributed by atoms with E-state index in [2.05, 4.69) is 0 Å². The van der Waals surface area contributed by atoms with E-state index in [9.17, 15) is 4.79 Å². The van der Waals surface area contributed by atoms with Crippen molar-refractivity contribution in [2.75, 3.05) is 13.4 Å². The monoisotopic (exact) mass is 278 g/mol. The number of carbonyl (C=O) groups excluding carboxylic acids is 1. The van der Waals surface area contributed by atoms with Gasteiger partial charge in [-0.2, -0.15) is 0 Å². The van der Waals surface area contributed by atoms with E-state index in [-0.39, 0.29) is 25.5 Å². The molecule has 1 fully saturated rings. The third kappa shape index (κ3) is 3.22. The van der Waals surface area contributed by atoms with Gasteiger partial charge in [-0.25, -0.2) is 0 Å². The predicted octanol–water partition coefficient (Wildman–Crippen LogP) is 2.42. The van der Waals surface area contributed by atoms with Gasteiger partial charge in [0, 0.05) is 13.0 Å². The molecule has 1 aromatic carbocycles. The zero-order valence-electron chi connectivity index (χ0n) is 11.3. The van der Waals surface area contributed by atoms with Crippen LogP contribution in [0.3, 0.4) is 0 Å². The van der Waals surface area contributed by atoms with E-state index >= 15 is 0 Å². The summed E-state index contributed by atoms with van der Waals surface area (Å²) in [7, 11) is 0. The van der Waals surface area contributed by atoms with Crippen LogP contribution in [0.5, 0.6) is 11.5 Å². The van der Waals surface area contributed by atoms with Crippen molar-refractivity contribution in [1.82, 2.24) is 0 Å². The number of ether oxygens (including phenoxy) is 4. The van der Waals surface area contributed by atoms with Crippen LogP contribution >= 0.6 is 0 Å². The first-order chi connectivity index (χ1) is 9.81. The number of rotatable bonds is 5. The summed E-state index contributed by atoms with van der Waals surface area (Å²) < 4.78 is 21.2.